The third-order valence-corrected chi connectivity index (χ3v) is 13.5. The van der Waals surface area contributed by atoms with E-state index in [4.69, 9.17) is 16.3 Å². The number of piperidine rings is 1. The summed E-state index contributed by atoms with van der Waals surface area (Å²) in [5, 5.41) is 9.60. The number of hydrogen-bond donors (Lipinski definition) is 0. The minimum Gasteiger partial charge on any atom is -0.489 e. The van der Waals surface area contributed by atoms with Crippen molar-refractivity contribution in [3.05, 3.63) is 93.0 Å². The lowest BCUT2D eigenvalue weighted by Gasteiger charge is -2.65. The quantitative estimate of drug-likeness (QED) is 0.251. The largest absolute Gasteiger partial charge is 0.489 e. The Morgan fingerprint density at radius 1 is 0.828 bits per heavy atom. The van der Waals surface area contributed by atoms with Crippen molar-refractivity contribution in [1.82, 2.24) is 19.6 Å². The smallest absolute Gasteiger partial charge is 0.262 e. The van der Waals surface area contributed by atoms with Crippen LogP contribution in [0.3, 0.4) is 0 Å². The number of fused-ring (bicyclic) bond motifs is 2. The maximum atomic E-state index is 13.8. The zero-order valence-electron chi connectivity index (χ0n) is 33.0. The number of nitrogens with zero attached hydrogens (tertiary/aromatic N) is 6. The first-order valence-corrected chi connectivity index (χ1v) is 20.1. The summed E-state index contributed by atoms with van der Waals surface area (Å²) in [4.78, 5) is 73.7. The number of benzene rings is 3. The van der Waals surface area contributed by atoms with Crippen LogP contribution in [0, 0.1) is 39.9 Å². The Hall–Kier alpha value is -5.69. The summed E-state index contributed by atoms with van der Waals surface area (Å²) in [6, 6.07) is 17.7. The average molecular weight is 799 g/mol. The minimum absolute atomic E-state index is 0.0226. The lowest BCUT2D eigenvalue weighted by Crippen LogP contribution is -2.74. The van der Waals surface area contributed by atoms with Gasteiger partial charge in [0.1, 0.15) is 24.0 Å². The fourth-order valence-electron chi connectivity index (χ4n) is 10.5. The Labute approximate surface area is 342 Å². The van der Waals surface area contributed by atoms with E-state index < -0.39 is 23.8 Å². The van der Waals surface area contributed by atoms with E-state index >= 15 is 0 Å². The van der Waals surface area contributed by atoms with Crippen molar-refractivity contribution in [3.63, 3.8) is 0 Å². The summed E-state index contributed by atoms with van der Waals surface area (Å²) in [6.07, 6.45) is 0.0622. The number of carbonyl (C=O) groups is 5. The molecule has 13 heteroatoms. The molecule has 5 aliphatic heterocycles. The van der Waals surface area contributed by atoms with Crippen molar-refractivity contribution in [2.24, 2.45) is 16.7 Å². The second kappa shape index (κ2) is 13.4. The first-order valence-electron chi connectivity index (χ1n) is 19.7. The molecule has 5 heterocycles. The Kier molecular flexibility index (Phi) is 8.77. The molecule has 9 rings (SSSR count). The first-order chi connectivity index (χ1) is 27.6. The summed E-state index contributed by atoms with van der Waals surface area (Å²) in [6.45, 7) is 12.4. The van der Waals surface area contributed by atoms with Gasteiger partial charge in [-0.2, -0.15) is 5.26 Å². The number of likely N-dealkylation sites (tertiary alicyclic amines) is 2. The third-order valence-electron chi connectivity index (χ3n) is 13.2. The molecule has 5 amide bonds. The van der Waals surface area contributed by atoms with Crippen LogP contribution in [0.2, 0.25) is 5.02 Å². The van der Waals surface area contributed by atoms with E-state index in [-0.39, 0.29) is 59.1 Å². The Balaban J connectivity index is 0.783. The maximum absolute atomic E-state index is 13.8. The molecule has 0 spiro atoms. The van der Waals surface area contributed by atoms with Crippen molar-refractivity contribution in [2.45, 2.75) is 71.3 Å². The molecule has 0 bridgehead atoms. The van der Waals surface area contributed by atoms with Crippen molar-refractivity contribution in [2.75, 3.05) is 38.1 Å². The normalized spacial score (nSPS) is 25.1. The summed E-state index contributed by atoms with van der Waals surface area (Å²) in [5.41, 5.74) is 3.73. The second-order valence-electron chi connectivity index (χ2n) is 17.6. The van der Waals surface area contributed by atoms with Gasteiger partial charge < -0.3 is 14.5 Å². The van der Waals surface area contributed by atoms with Gasteiger partial charge in [0.15, 0.2) is 0 Å². The van der Waals surface area contributed by atoms with Crippen LogP contribution in [-0.2, 0) is 16.1 Å². The predicted molar refractivity (Wildman–Crippen MR) is 214 cm³/mol. The SMILES string of the molecule is CN1C(=O)CCC(N2C(=O)c3ccc(N4CC(N5CC(C#Cc6ccc7c(c6)CN([C@H]6C(C)(C)[C@H](Oc8ccc(C#N)c(Cl)c8)C6(C)C)C7=O)C5)C4)cc3C2=O)C1=O. The molecule has 3 saturated heterocycles. The van der Waals surface area contributed by atoms with Crippen LogP contribution in [0.4, 0.5) is 5.69 Å². The number of hydrogen-bond acceptors (Lipinski definition) is 9. The van der Waals surface area contributed by atoms with Gasteiger partial charge in [-0.3, -0.25) is 38.7 Å². The zero-order chi connectivity index (χ0) is 41.0. The molecule has 1 saturated carbocycles. The number of nitriles is 1. The van der Waals surface area contributed by atoms with Gasteiger partial charge in [-0.1, -0.05) is 51.1 Å². The fraction of sp³-hybridized carbons (Fsp3) is 0.422. The minimum atomic E-state index is -0.969. The predicted octanol–water partition coefficient (Wildman–Crippen LogP) is 4.97. The van der Waals surface area contributed by atoms with Crippen molar-refractivity contribution < 1.29 is 28.7 Å². The van der Waals surface area contributed by atoms with Gasteiger partial charge in [-0.15, -0.1) is 0 Å². The van der Waals surface area contributed by atoms with Gasteiger partial charge in [-0.05, 0) is 60.5 Å². The van der Waals surface area contributed by atoms with Crippen LogP contribution in [0.15, 0.2) is 54.6 Å². The zero-order valence-corrected chi connectivity index (χ0v) is 33.8. The monoisotopic (exact) mass is 798 g/mol. The molecular weight excluding hydrogens is 756 g/mol. The van der Waals surface area contributed by atoms with Gasteiger partial charge in [0, 0.05) is 97.9 Å². The summed E-state index contributed by atoms with van der Waals surface area (Å²) in [7, 11) is 1.38. The molecule has 0 radical (unpaired) electrons. The molecule has 6 aliphatic rings. The highest BCUT2D eigenvalue weighted by atomic mass is 35.5. The summed E-state index contributed by atoms with van der Waals surface area (Å²) in [5.74, 6) is 5.85. The van der Waals surface area contributed by atoms with E-state index in [2.05, 4.69) is 55.4 Å². The molecule has 1 atom stereocenters. The van der Waals surface area contributed by atoms with Crippen LogP contribution in [0.5, 0.6) is 5.75 Å². The number of carbonyl (C=O) groups excluding carboxylic acids is 5. The molecule has 1 unspecified atom stereocenters. The molecule has 3 aromatic carbocycles. The molecule has 58 heavy (non-hydrogen) atoms. The number of ether oxygens (including phenoxy) is 1. The molecule has 0 aromatic heterocycles. The standard InChI is InChI=1S/C45H43ClN6O6/c1-44(2)42(45(3,4)43(44)58-31-11-9-27(19-47)35(46)18-31)51-22-28-16-25(8-12-32(28)38(51)54)6-7-26-20-49(21-26)30-23-50(24-30)29-10-13-33-34(17-29)40(56)52(39(33)55)36-14-15-37(53)48(5)41(36)57/h8-13,16-18,26,30,36,42-43H,14-15,20-24H2,1-5H3/t36?,42-,43-. The van der Waals surface area contributed by atoms with Crippen molar-refractivity contribution in [3.8, 4) is 23.7 Å². The molecule has 0 N–H and O–H groups in total. The topological polar surface area (TPSA) is 135 Å². The molecule has 3 aromatic rings. The fourth-order valence-corrected chi connectivity index (χ4v) is 10.7. The third kappa shape index (κ3) is 5.79. The van der Waals surface area contributed by atoms with E-state index in [9.17, 15) is 29.2 Å². The van der Waals surface area contributed by atoms with Crippen molar-refractivity contribution in [1.29, 1.82) is 5.26 Å². The van der Waals surface area contributed by atoms with Crippen molar-refractivity contribution >= 4 is 46.8 Å². The van der Waals surface area contributed by atoms with Crippen LogP contribution in [0.25, 0.3) is 0 Å². The molecule has 1 aliphatic carbocycles. The Morgan fingerprint density at radius 3 is 2.24 bits per heavy atom. The van der Waals surface area contributed by atoms with Gasteiger partial charge in [-0.25, -0.2) is 0 Å². The molecule has 296 valence electrons. The maximum Gasteiger partial charge on any atom is 0.262 e. The van der Waals surface area contributed by atoms with Gasteiger partial charge in [0.2, 0.25) is 5.91 Å². The van der Waals surface area contributed by atoms with E-state index in [0.29, 0.717) is 40.0 Å². The Morgan fingerprint density at radius 2 is 1.53 bits per heavy atom. The summed E-state index contributed by atoms with van der Waals surface area (Å²) >= 11 is 6.28. The van der Waals surface area contributed by atoms with Crippen LogP contribution < -0.4 is 9.64 Å². The highest BCUT2D eigenvalue weighted by Crippen LogP contribution is 2.59. The average Bonchev–Trinajstić information content (AvgIpc) is 3.59. The highest BCUT2D eigenvalue weighted by molar-refractivity contribution is 6.31. The van der Waals surface area contributed by atoms with Crippen LogP contribution in [-0.4, -0.2) is 107 Å². The lowest BCUT2D eigenvalue weighted by molar-refractivity contribution is -0.199. The van der Waals surface area contributed by atoms with Crippen LogP contribution in [0.1, 0.15) is 88.3 Å². The highest BCUT2D eigenvalue weighted by Gasteiger charge is 2.67. The molecular formula is C45H43ClN6O6. The van der Waals surface area contributed by atoms with E-state index in [1.807, 2.05) is 29.2 Å². The number of imide groups is 2. The first kappa shape index (κ1) is 37.9. The summed E-state index contributed by atoms with van der Waals surface area (Å²) < 4.78 is 6.47. The van der Waals surface area contributed by atoms with E-state index in [0.717, 1.165) is 52.8 Å². The van der Waals surface area contributed by atoms with E-state index in [1.54, 1.807) is 30.3 Å². The van der Waals surface area contributed by atoms with Gasteiger partial charge >= 0.3 is 0 Å². The second-order valence-corrected chi connectivity index (χ2v) is 18.0. The lowest BCUT2D eigenvalue weighted by atomic mass is 9.49. The van der Waals surface area contributed by atoms with Gasteiger partial charge in [0.25, 0.3) is 23.6 Å². The molecule has 4 fully saturated rings. The van der Waals surface area contributed by atoms with Crippen LogP contribution >= 0.6 is 11.6 Å². The number of halogens is 1. The number of likely N-dealkylation sites (N-methyl/N-ethyl adjacent to an activating group) is 1. The number of anilines is 1. The Bertz CT molecular complexity index is 2430. The van der Waals surface area contributed by atoms with E-state index in [1.165, 1.54) is 7.05 Å². The molecule has 12 nitrogen and oxygen atoms in total. The number of amides is 5. The number of rotatable bonds is 6. The van der Waals surface area contributed by atoms with Gasteiger partial charge in [0.05, 0.1) is 21.7 Å².